The first-order valence-corrected chi connectivity index (χ1v) is 12.5. The lowest BCUT2D eigenvalue weighted by atomic mass is 10.1. The van der Waals surface area contributed by atoms with Crippen LogP contribution in [-0.4, -0.2) is 46.0 Å². The van der Waals surface area contributed by atoms with Gasteiger partial charge in [-0.25, -0.2) is 13.1 Å². The molecular formula is C25H31N3O3S. The van der Waals surface area contributed by atoms with Crippen molar-refractivity contribution in [2.45, 2.75) is 31.7 Å². The van der Waals surface area contributed by atoms with Crippen LogP contribution in [-0.2, 0) is 10.0 Å². The van der Waals surface area contributed by atoms with Gasteiger partial charge in [-0.2, -0.15) is 0 Å². The fourth-order valence-electron chi connectivity index (χ4n) is 4.67. The molecule has 0 amide bonds. The van der Waals surface area contributed by atoms with Gasteiger partial charge in [0.15, 0.2) is 0 Å². The molecule has 3 aromatic rings. The molecule has 2 heterocycles. The van der Waals surface area contributed by atoms with Crippen molar-refractivity contribution in [3.63, 3.8) is 0 Å². The summed E-state index contributed by atoms with van der Waals surface area (Å²) in [6, 6.07) is 17.8. The molecular weight excluding hydrogens is 422 g/mol. The normalized spacial score (nSPS) is 16.3. The van der Waals surface area contributed by atoms with Crippen LogP contribution in [0.5, 0.6) is 0 Å². The number of aryl methyl sites for hydroxylation is 3. The summed E-state index contributed by atoms with van der Waals surface area (Å²) in [6.45, 7) is 9.34. The van der Waals surface area contributed by atoms with Crippen molar-refractivity contribution < 1.29 is 12.8 Å². The Hall–Kier alpha value is -2.61. The molecule has 2 aromatic carbocycles. The van der Waals surface area contributed by atoms with E-state index in [-0.39, 0.29) is 12.6 Å². The van der Waals surface area contributed by atoms with E-state index in [9.17, 15) is 8.42 Å². The summed E-state index contributed by atoms with van der Waals surface area (Å²) >= 11 is 0. The van der Waals surface area contributed by atoms with E-state index < -0.39 is 10.0 Å². The van der Waals surface area contributed by atoms with Crippen LogP contribution >= 0.6 is 0 Å². The molecule has 0 aliphatic carbocycles. The molecule has 1 aliphatic rings. The Labute approximate surface area is 190 Å². The number of rotatable bonds is 7. The third-order valence-corrected chi connectivity index (χ3v) is 7.82. The fourth-order valence-corrected chi connectivity index (χ4v) is 6.16. The Morgan fingerprint density at radius 2 is 1.59 bits per heavy atom. The van der Waals surface area contributed by atoms with Crippen LogP contribution in [0.4, 0.5) is 5.69 Å². The number of nitrogens with one attached hydrogen (secondary N) is 1. The molecule has 1 aromatic heterocycles. The van der Waals surface area contributed by atoms with Crippen molar-refractivity contribution in [1.29, 1.82) is 0 Å². The third kappa shape index (κ3) is 4.90. The number of anilines is 1. The summed E-state index contributed by atoms with van der Waals surface area (Å²) in [4.78, 5) is 5.03. The largest absolute Gasteiger partial charge is 0.468 e. The van der Waals surface area contributed by atoms with Crippen molar-refractivity contribution in [3.05, 3.63) is 83.3 Å². The second-order valence-electron chi connectivity index (χ2n) is 8.47. The Kier molecular flexibility index (Phi) is 6.69. The van der Waals surface area contributed by atoms with Gasteiger partial charge in [0.05, 0.1) is 17.2 Å². The van der Waals surface area contributed by atoms with Gasteiger partial charge in [-0.15, -0.1) is 0 Å². The number of benzene rings is 2. The van der Waals surface area contributed by atoms with Crippen LogP contribution < -0.4 is 9.62 Å². The highest BCUT2D eigenvalue weighted by Crippen LogP contribution is 2.26. The number of nitrogens with zero attached hydrogens (tertiary/aromatic N) is 2. The molecule has 0 spiro atoms. The highest BCUT2D eigenvalue weighted by molar-refractivity contribution is 7.89. The maximum absolute atomic E-state index is 13.2. The van der Waals surface area contributed by atoms with Gasteiger partial charge in [0.1, 0.15) is 5.76 Å². The summed E-state index contributed by atoms with van der Waals surface area (Å²) in [7, 11) is -3.65. The van der Waals surface area contributed by atoms with Crippen LogP contribution in [0.25, 0.3) is 0 Å². The zero-order valence-corrected chi connectivity index (χ0v) is 19.7. The van der Waals surface area contributed by atoms with E-state index >= 15 is 0 Å². The maximum Gasteiger partial charge on any atom is 0.241 e. The van der Waals surface area contributed by atoms with E-state index in [2.05, 4.69) is 38.8 Å². The second-order valence-corrected chi connectivity index (χ2v) is 10.2. The minimum absolute atomic E-state index is 0.163. The molecule has 1 unspecified atom stereocenters. The van der Waals surface area contributed by atoms with Gasteiger partial charge < -0.3 is 9.32 Å². The summed E-state index contributed by atoms with van der Waals surface area (Å²) in [6.07, 6.45) is 1.64. The minimum Gasteiger partial charge on any atom is -0.468 e. The van der Waals surface area contributed by atoms with Crippen LogP contribution in [0, 0.1) is 20.8 Å². The average molecular weight is 454 g/mol. The summed E-state index contributed by atoms with van der Waals surface area (Å²) in [5.74, 6) is 0.776. The second kappa shape index (κ2) is 9.48. The number of hydrogen-bond donors (Lipinski definition) is 1. The lowest BCUT2D eigenvalue weighted by Crippen LogP contribution is -2.49. The van der Waals surface area contributed by atoms with Crippen LogP contribution in [0.15, 0.2) is 70.2 Å². The maximum atomic E-state index is 13.2. The molecule has 6 nitrogen and oxygen atoms in total. The monoisotopic (exact) mass is 453 g/mol. The molecule has 4 rings (SSSR count). The Balaban J connectivity index is 1.49. The molecule has 1 saturated heterocycles. The SMILES string of the molecule is Cc1cc(C)c(S(=O)(=O)NCC(c2ccco2)N2CCN(c3ccccc3)CC2)c(C)c1. The molecule has 32 heavy (non-hydrogen) atoms. The topological polar surface area (TPSA) is 65.8 Å². The van der Waals surface area contributed by atoms with Crippen LogP contribution in [0.3, 0.4) is 0 Å². The fraction of sp³-hybridized carbons (Fsp3) is 0.360. The molecule has 1 fully saturated rings. The molecule has 7 heteroatoms. The number of furan rings is 1. The lowest BCUT2D eigenvalue weighted by molar-refractivity contribution is 0.166. The standard InChI is InChI=1S/C25H31N3O3S/c1-19-16-20(2)25(21(3)17-19)32(29,30)26-18-23(24-10-7-15-31-24)28-13-11-27(12-14-28)22-8-5-4-6-9-22/h4-10,15-17,23,26H,11-14,18H2,1-3H3. The summed E-state index contributed by atoms with van der Waals surface area (Å²) in [5.41, 5.74) is 3.80. The molecule has 1 N–H and O–H groups in total. The highest BCUT2D eigenvalue weighted by atomic mass is 32.2. The lowest BCUT2D eigenvalue weighted by Gasteiger charge is -2.39. The van der Waals surface area contributed by atoms with Crippen molar-refractivity contribution in [3.8, 4) is 0 Å². The molecule has 0 saturated carbocycles. The third-order valence-electron chi connectivity index (χ3n) is 6.09. The van der Waals surface area contributed by atoms with E-state index in [1.807, 2.05) is 51.1 Å². The van der Waals surface area contributed by atoms with Crippen LogP contribution in [0.2, 0.25) is 0 Å². The number of para-hydroxylation sites is 1. The Morgan fingerprint density at radius 1 is 0.938 bits per heavy atom. The van der Waals surface area contributed by atoms with Crippen molar-refractivity contribution in [2.24, 2.45) is 0 Å². The van der Waals surface area contributed by atoms with Gasteiger partial charge in [0, 0.05) is 38.4 Å². The van der Waals surface area contributed by atoms with E-state index in [1.54, 1.807) is 6.26 Å². The molecule has 0 radical (unpaired) electrons. The van der Waals surface area contributed by atoms with Gasteiger partial charge in [-0.3, -0.25) is 4.90 Å². The van der Waals surface area contributed by atoms with Crippen LogP contribution in [0.1, 0.15) is 28.5 Å². The highest BCUT2D eigenvalue weighted by Gasteiger charge is 2.29. The van der Waals surface area contributed by atoms with Gasteiger partial charge in [-0.1, -0.05) is 35.9 Å². The first-order chi connectivity index (χ1) is 15.3. The molecule has 170 valence electrons. The van der Waals surface area contributed by atoms with Gasteiger partial charge in [-0.05, 0) is 56.2 Å². The summed E-state index contributed by atoms with van der Waals surface area (Å²) in [5, 5.41) is 0. The zero-order valence-electron chi connectivity index (χ0n) is 18.9. The average Bonchev–Trinajstić information content (AvgIpc) is 3.28. The number of sulfonamides is 1. The van der Waals surface area contributed by atoms with Crippen molar-refractivity contribution in [1.82, 2.24) is 9.62 Å². The predicted molar refractivity (Wildman–Crippen MR) is 128 cm³/mol. The van der Waals surface area contributed by atoms with Gasteiger partial charge in [0.25, 0.3) is 0 Å². The molecule has 1 atom stereocenters. The van der Waals surface area contributed by atoms with E-state index in [1.165, 1.54) is 5.69 Å². The van der Waals surface area contributed by atoms with E-state index in [4.69, 9.17) is 4.42 Å². The smallest absolute Gasteiger partial charge is 0.241 e. The number of piperazine rings is 1. The minimum atomic E-state index is -3.65. The van der Waals surface area contributed by atoms with Gasteiger partial charge >= 0.3 is 0 Å². The molecule has 1 aliphatic heterocycles. The van der Waals surface area contributed by atoms with Gasteiger partial charge in [0.2, 0.25) is 10.0 Å². The predicted octanol–water partition coefficient (Wildman–Crippen LogP) is 4.05. The number of hydrogen-bond acceptors (Lipinski definition) is 5. The Bertz CT molecular complexity index is 1110. The van der Waals surface area contributed by atoms with E-state index in [0.29, 0.717) is 4.90 Å². The molecule has 0 bridgehead atoms. The zero-order chi connectivity index (χ0) is 22.7. The van der Waals surface area contributed by atoms with E-state index in [0.717, 1.165) is 48.6 Å². The first-order valence-electron chi connectivity index (χ1n) is 11.0. The summed E-state index contributed by atoms with van der Waals surface area (Å²) < 4.78 is 35.0. The first kappa shape index (κ1) is 22.6. The quantitative estimate of drug-likeness (QED) is 0.585. The van der Waals surface area contributed by atoms with Crippen molar-refractivity contribution >= 4 is 15.7 Å². The Morgan fingerprint density at radius 3 is 2.19 bits per heavy atom. The van der Waals surface area contributed by atoms with Crippen molar-refractivity contribution in [2.75, 3.05) is 37.6 Å².